The van der Waals surface area contributed by atoms with E-state index in [-0.39, 0.29) is 0 Å². The van der Waals surface area contributed by atoms with E-state index in [0.29, 0.717) is 0 Å². The van der Waals surface area contributed by atoms with Crippen LogP contribution in [-0.2, 0) is 9.63 Å². The van der Waals surface area contributed by atoms with E-state index in [1.54, 1.807) is 0 Å². The van der Waals surface area contributed by atoms with Crippen LogP contribution < -0.4 is 5.48 Å². The third kappa shape index (κ3) is 4.09. The molecule has 0 bridgehead atoms. The molecule has 0 saturated carbocycles. The molecule has 0 aromatic heterocycles. The average molecular weight is 209 g/mol. The molecule has 84 valence electrons. The Morgan fingerprint density at radius 3 is 2.43 bits per heavy atom. The lowest BCUT2D eigenvalue weighted by molar-refractivity contribution is -0.146. The van der Waals surface area contributed by atoms with Gasteiger partial charge in [0.25, 0.3) is 0 Å². The van der Waals surface area contributed by atoms with Gasteiger partial charge >= 0.3 is 0 Å². The molecular formula is C7H15NO6. The number of rotatable bonds is 7. The Bertz CT molecular complexity index is 176. The standard InChI is InChI=1S/C7H15NO6/c1-8-14-3-5(11)7(13)6(12)4(10)2-9/h4,6-10,12-13H,2-3H2,1H3/t4-,6+,7+/m1/s1. The predicted octanol–water partition coefficient (Wildman–Crippen LogP) is -3.22. The number of ketones is 1. The molecule has 0 aliphatic heterocycles. The Kier molecular flexibility index (Phi) is 6.54. The first kappa shape index (κ1) is 13.4. The molecule has 14 heavy (non-hydrogen) atoms. The summed E-state index contributed by atoms with van der Waals surface area (Å²) in [5.74, 6) is -0.792. The molecule has 0 heterocycles. The van der Waals surface area contributed by atoms with E-state index in [0.717, 1.165) is 0 Å². The monoisotopic (exact) mass is 209 g/mol. The Morgan fingerprint density at radius 2 is 2.00 bits per heavy atom. The van der Waals surface area contributed by atoms with Crippen molar-refractivity contribution in [2.24, 2.45) is 0 Å². The van der Waals surface area contributed by atoms with E-state index >= 15 is 0 Å². The summed E-state index contributed by atoms with van der Waals surface area (Å²) in [5, 5.41) is 35.6. The van der Waals surface area contributed by atoms with Gasteiger partial charge in [-0.1, -0.05) is 0 Å². The van der Waals surface area contributed by atoms with Gasteiger partial charge in [0.15, 0.2) is 5.78 Å². The summed E-state index contributed by atoms with van der Waals surface area (Å²) in [6.07, 6.45) is -5.04. The second-order valence-corrected chi connectivity index (χ2v) is 2.64. The molecule has 0 aromatic carbocycles. The number of carbonyl (C=O) groups is 1. The Balaban J connectivity index is 4.03. The molecule has 0 aliphatic carbocycles. The second-order valence-electron chi connectivity index (χ2n) is 2.64. The lowest BCUT2D eigenvalue weighted by Gasteiger charge is -2.20. The summed E-state index contributed by atoms with van der Waals surface area (Å²) < 4.78 is 0. The lowest BCUT2D eigenvalue weighted by atomic mass is 10.1. The first-order valence-electron chi connectivity index (χ1n) is 4.00. The number of aliphatic hydroxyl groups is 4. The maximum atomic E-state index is 11.0. The molecule has 0 fully saturated rings. The number of hydrogen-bond acceptors (Lipinski definition) is 7. The van der Waals surface area contributed by atoms with Crippen molar-refractivity contribution in [2.45, 2.75) is 18.3 Å². The first-order valence-corrected chi connectivity index (χ1v) is 4.00. The molecule has 0 spiro atoms. The maximum absolute atomic E-state index is 11.0. The highest BCUT2D eigenvalue weighted by atomic mass is 16.6. The largest absolute Gasteiger partial charge is 0.394 e. The van der Waals surface area contributed by atoms with Gasteiger partial charge < -0.3 is 20.4 Å². The van der Waals surface area contributed by atoms with Gasteiger partial charge in [0.2, 0.25) is 0 Å². The zero-order valence-electron chi connectivity index (χ0n) is 7.75. The first-order chi connectivity index (χ1) is 6.54. The quantitative estimate of drug-likeness (QED) is 0.280. The van der Waals surface area contributed by atoms with Gasteiger partial charge in [0.05, 0.1) is 6.61 Å². The third-order valence-electron chi connectivity index (χ3n) is 1.59. The van der Waals surface area contributed by atoms with Crippen LogP contribution in [0.25, 0.3) is 0 Å². The van der Waals surface area contributed by atoms with Crippen LogP contribution >= 0.6 is 0 Å². The van der Waals surface area contributed by atoms with E-state index in [4.69, 9.17) is 20.4 Å². The molecule has 7 heteroatoms. The van der Waals surface area contributed by atoms with Crippen LogP contribution in [0.1, 0.15) is 0 Å². The number of hydrogen-bond donors (Lipinski definition) is 5. The molecular weight excluding hydrogens is 194 g/mol. The number of carbonyl (C=O) groups excluding carboxylic acids is 1. The molecule has 0 aromatic rings. The zero-order chi connectivity index (χ0) is 11.1. The summed E-state index contributed by atoms with van der Waals surface area (Å²) in [6.45, 7) is -1.18. The molecule has 5 N–H and O–H groups in total. The van der Waals surface area contributed by atoms with Crippen LogP contribution in [-0.4, -0.2) is 64.8 Å². The fourth-order valence-electron chi connectivity index (χ4n) is 0.738. The van der Waals surface area contributed by atoms with Crippen LogP contribution in [0.15, 0.2) is 0 Å². The van der Waals surface area contributed by atoms with Crippen LogP contribution in [0.3, 0.4) is 0 Å². The van der Waals surface area contributed by atoms with E-state index in [9.17, 15) is 4.79 Å². The molecule has 0 unspecified atom stereocenters. The van der Waals surface area contributed by atoms with Crippen molar-refractivity contribution < 1.29 is 30.1 Å². The molecule has 0 rings (SSSR count). The zero-order valence-corrected chi connectivity index (χ0v) is 7.75. The van der Waals surface area contributed by atoms with Crippen molar-refractivity contribution in [3.63, 3.8) is 0 Å². The van der Waals surface area contributed by atoms with E-state index in [1.807, 2.05) is 0 Å². The summed E-state index contributed by atoms with van der Waals surface area (Å²) in [4.78, 5) is 15.5. The van der Waals surface area contributed by atoms with Gasteiger partial charge in [0, 0.05) is 7.05 Å². The van der Waals surface area contributed by atoms with E-state index < -0.39 is 37.3 Å². The van der Waals surface area contributed by atoms with Gasteiger partial charge in [-0.3, -0.25) is 9.63 Å². The minimum absolute atomic E-state index is 0.438. The SMILES string of the molecule is CNOCC(=O)[C@H](O)[C@@H](O)[C@H](O)CO. The van der Waals surface area contributed by atoms with Crippen molar-refractivity contribution >= 4 is 5.78 Å². The van der Waals surface area contributed by atoms with Gasteiger partial charge in [-0.25, -0.2) is 5.48 Å². The highest BCUT2D eigenvalue weighted by Crippen LogP contribution is 2.01. The predicted molar refractivity (Wildman–Crippen MR) is 45.1 cm³/mol. The van der Waals surface area contributed by atoms with Crippen molar-refractivity contribution in [3.05, 3.63) is 0 Å². The Hall–Kier alpha value is -0.570. The molecule has 3 atom stereocenters. The second kappa shape index (κ2) is 6.82. The fourth-order valence-corrected chi connectivity index (χ4v) is 0.738. The van der Waals surface area contributed by atoms with Crippen molar-refractivity contribution in [3.8, 4) is 0 Å². The summed E-state index contributed by atoms with van der Waals surface area (Å²) in [7, 11) is 1.43. The fraction of sp³-hybridized carbons (Fsp3) is 0.857. The van der Waals surface area contributed by atoms with Gasteiger partial charge in [0.1, 0.15) is 24.9 Å². The number of nitrogens with one attached hydrogen (secondary N) is 1. The smallest absolute Gasteiger partial charge is 0.191 e. The highest BCUT2D eigenvalue weighted by molar-refractivity contribution is 5.84. The van der Waals surface area contributed by atoms with Crippen LogP contribution in [0.5, 0.6) is 0 Å². The molecule has 0 amide bonds. The average Bonchev–Trinajstić information content (AvgIpc) is 2.22. The normalized spacial score (nSPS) is 17.5. The van der Waals surface area contributed by atoms with Gasteiger partial charge in [-0.05, 0) is 0 Å². The third-order valence-corrected chi connectivity index (χ3v) is 1.59. The maximum Gasteiger partial charge on any atom is 0.191 e. The van der Waals surface area contributed by atoms with E-state index in [2.05, 4.69) is 10.3 Å². The topological polar surface area (TPSA) is 119 Å². The van der Waals surface area contributed by atoms with E-state index in [1.165, 1.54) is 7.05 Å². The van der Waals surface area contributed by atoms with Crippen LogP contribution in [0, 0.1) is 0 Å². The summed E-state index contributed by atoms with van der Waals surface area (Å²) >= 11 is 0. The molecule has 0 saturated heterocycles. The number of hydroxylamine groups is 1. The number of aliphatic hydroxyl groups excluding tert-OH is 4. The minimum atomic E-state index is -1.77. The Labute approximate surface area is 80.9 Å². The molecule has 0 radical (unpaired) electrons. The van der Waals surface area contributed by atoms with Gasteiger partial charge in [-0.15, -0.1) is 0 Å². The highest BCUT2D eigenvalue weighted by Gasteiger charge is 2.29. The van der Waals surface area contributed by atoms with Crippen molar-refractivity contribution in [1.82, 2.24) is 5.48 Å². The Morgan fingerprint density at radius 1 is 1.43 bits per heavy atom. The summed E-state index contributed by atoms with van der Waals surface area (Å²) in [6, 6.07) is 0. The van der Waals surface area contributed by atoms with Crippen LogP contribution in [0.4, 0.5) is 0 Å². The van der Waals surface area contributed by atoms with Crippen molar-refractivity contribution in [2.75, 3.05) is 20.3 Å². The van der Waals surface area contributed by atoms with Crippen molar-refractivity contribution in [1.29, 1.82) is 0 Å². The van der Waals surface area contributed by atoms with Crippen LogP contribution in [0.2, 0.25) is 0 Å². The molecule has 7 nitrogen and oxygen atoms in total. The minimum Gasteiger partial charge on any atom is -0.394 e. The van der Waals surface area contributed by atoms with Gasteiger partial charge in [-0.2, -0.15) is 0 Å². The lowest BCUT2D eigenvalue weighted by Crippen LogP contribution is -2.45. The summed E-state index contributed by atoms with van der Waals surface area (Å²) in [5.41, 5.74) is 2.21. The molecule has 0 aliphatic rings. The number of Topliss-reactive ketones (excluding diaryl/α,β-unsaturated/α-hetero) is 1.